The first-order valence-electron chi connectivity index (χ1n) is 13.8. The third kappa shape index (κ3) is 9.41. The summed E-state index contributed by atoms with van der Waals surface area (Å²) in [5.41, 5.74) is 5.92. The van der Waals surface area contributed by atoms with Crippen molar-refractivity contribution in [2.45, 2.75) is 58.9 Å². The Balaban J connectivity index is 0.00000248. The van der Waals surface area contributed by atoms with Gasteiger partial charge in [0.25, 0.3) is 5.91 Å². The summed E-state index contributed by atoms with van der Waals surface area (Å²) in [4.78, 5) is 28.4. The Bertz CT molecular complexity index is 1370. The molecule has 2 heterocycles. The number of amides is 1. The molecule has 0 bridgehead atoms. The molecule has 43 heavy (non-hydrogen) atoms. The molecule has 3 aromatic rings. The third-order valence-corrected chi connectivity index (χ3v) is 6.11. The summed E-state index contributed by atoms with van der Waals surface area (Å²) >= 11 is 0. The summed E-state index contributed by atoms with van der Waals surface area (Å²) in [5.74, 6) is -2.77. The molecule has 1 amide bonds. The molecule has 0 saturated carbocycles. The number of ether oxygens (including phenoxy) is 3. The highest BCUT2D eigenvalue weighted by atomic mass is 19.3. The van der Waals surface area contributed by atoms with Gasteiger partial charge in [-0.25, -0.2) is 13.8 Å². The lowest BCUT2D eigenvalue weighted by molar-refractivity contribution is -0.139. The van der Waals surface area contributed by atoms with Gasteiger partial charge in [-0.1, -0.05) is 19.9 Å². The summed E-state index contributed by atoms with van der Waals surface area (Å²) in [6, 6.07) is 6.68. The number of aromatic nitrogens is 1. The van der Waals surface area contributed by atoms with Crippen LogP contribution in [0.4, 0.5) is 17.6 Å². The molecule has 1 atom stereocenters. The van der Waals surface area contributed by atoms with Gasteiger partial charge in [0.2, 0.25) is 5.89 Å². The molecule has 1 unspecified atom stereocenters. The monoisotopic (exact) mass is 610 g/mol. The number of nitrogens with one attached hydrogen (secondary N) is 2. The fourth-order valence-electron chi connectivity index (χ4n) is 4.03. The SMILES string of the molecule is CC.NCc1oc(-c2ccc(OC(F)F)c(OCCCCNC3CCOC3=O)c2)nc1C(=O)NCc1ccc(F)cc1F. The van der Waals surface area contributed by atoms with Gasteiger partial charge in [-0.15, -0.1) is 0 Å². The number of carbonyl (C=O) groups excluding carboxylic acids is 2. The zero-order chi connectivity index (χ0) is 31.4. The lowest BCUT2D eigenvalue weighted by atomic mass is 10.2. The van der Waals surface area contributed by atoms with Crippen molar-refractivity contribution < 1.29 is 45.8 Å². The highest BCUT2D eigenvalue weighted by Gasteiger charge is 2.25. The number of benzene rings is 2. The quantitative estimate of drug-likeness (QED) is 0.135. The number of halogens is 4. The minimum atomic E-state index is -3.09. The normalized spacial score (nSPS) is 14.2. The lowest BCUT2D eigenvalue weighted by Gasteiger charge is -2.13. The van der Waals surface area contributed by atoms with E-state index >= 15 is 0 Å². The van der Waals surface area contributed by atoms with Crippen molar-refractivity contribution in [2.24, 2.45) is 5.73 Å². The van der Waals surface area contributed by atoms with Gasteiger partial charge >= 0.3 is 12.6 Å². The smallest absolute Gasteiger partial charge is 0.387 e. The van der Waals surface area contributed by atoms with Gasteiger partial charge in [-0.05, 0) is 43.7 Å². The molecule has 4 N–H and O–H groups in total. The number of hydrogen-bond acceptors (Lipinski definition) is 9. The first-order chi connectivity index (χ1) is 20.7. The first kappa shape index (κ1) is 33.3. The fraction of sp³-hybridized carbons (Fsp3) is 0.414. The molecule has 10 nitrogen and oxygen atoms in total. The van der Waals surface area contributed by atoms with Gasteiger partial charge in [0.05, 0.1) is 19.8 Å². The van der Waals surface area contributed by atoms with Crippen LogP contribution in [0.2, 0.25) is 0 Å². The molecule has 0 spiro atoms. The lowest BCUT2D eigenvalue weighted by Crippen LogP contribution is -2.33. The molecule has 234 valence electrons. The third-order valence-electron chi connectivity index (χ3n) is 6.11. The Hall–Kier alpha value is -4.17. The highest BCUT2D eigenvalue weighted by Crippen LogP contribution is 2.34. The molecular weight excluding hydrogens is 576 g/mol. The largest absolute Gasteiger partial charge is 0.490 e. The fourth-order valence-corrected chi connectivity index (χ4v) is 4.03. The molecule has 4 rings (SSSR count). The Kier molecular flexibility index (Phi) is 12.8. The maximum Gasteiger partial charge on any atom is 0.387 e. The van der Waals surface area contributed by atoms with Crippen LogP contribution in [0.3, 0.4) is 0 Å². The number of cyclic esters (lactones) is 1. The second kappa shape index (κ2) is 16.5. The van der Waals surface area contributed by atoms with Crippen molar-refractivity contribution in [1.29, 1.82) is 0 Å². The van der Waals surface area contributed by atoms with E-state index in [2.05, 4.69) is 20.4 Å². The average molecular weight is 611 g/mol. The molecule has 0 aliphatic carbocycles. The number of nitrogens with two attached hydrogens (primary N) is 1. The van der Waals surface area contributed by atoms with Gasteiger partial charge in [0.1, 0.15) is 17.7 Å². The summed E-state index contributed by atoms with van der Waals surface area (Å²) in [5, 5.41) is 5.58. The van der Waals surface area contributed by atoms with Gasteiger partial charge in [0, 0.05) is 30.2 Å². The number of rotatable bonds is 14. The highest BCUT2D eigenvalue weighted by molar-refractivity contribution is 5.93. The Morgan fingerprint density at radius 2 is 1.93 bits per heavy atom. The predicted octanol–water partition coefficient (Wildman–Crippen LogP) is 4.70. The van der Waals surface area contributed by atoms with Crippen molar-refractivity contribution in [2.75, 3.05) is 19.8 Å². The van der Waals surface area contributed by atoms with Gasteiger partial charge < -0.3 is 35.0 Å². The summed E-state index contributed by atoms with van der Waals surface area (Å²) in [7, 11) is 0. The first-order valence-corrected chi connectivity index (χ1v) is 13.8. The maximum atomic E-state index is 13.9. The molecule has 1 saturated heterocycles. The van der Waals surface area contributed by atoms with E-state index in [1.54, 1.807) is 0 Å². The number of alkyl halides is 2. The van der Waals surface area contributed by atoms with Crippen molar-refractivity contribution >= 4 is 11.9 Å². The van der Waals surface area contributed by atoms with E-state index < -0.39 is 24.2 Å². The van der Waals surface area contributed by atoms with Crippen LogP contribution < -0.4 is 25.8 Å². The van der Waals surface area contributed by atoms with Crippen LogP contribution in [0.15, 0.2) is 40.8 Å². The van der Waals surface area contributed by atoms with Crippen LogP contribution in [0, 0.1) is 11.6 Å². The topological polar surface area (TPSA) is 138 Å². The Morgan fingerprint density at radius 3 is 2.60 bits per heavy atom. The summed E-state index contributed by atoms with van der Waals surface area (Å²) in [6.07, 6.45) is 1.80. The number of carbonyl (C=O) groups is 2. The van der Waals surface area contributed by atoms with E-state index in [0.29, 0.717) is 44.0 Å². The molecule has 1 aromatic heterocycles. The van der Waals surface area contributed by atoms with Crippen LogP contribution in [0.25, 0.3) is 11.5 Å². The zero-order valence-electron chi connectivity index (χ0n) is 23.8. The standard InChI is InChI=1S/C27H28F4N4O6.C2H6/c28-17-5-3-16(18(29)12-17)14-34-24(36)23-22(13-32)40-25(35-23)15-4-6-20(41-27(30)31)21(11-15)38-9-2-1-8-33-19-7-10-39-26(19)37;1-2/h3-6,11-12,19,27,33H,1-2,7-10,13-14,32H2,(H,34,36);1-2H3. The van der Waals surface area contributed by atoms with E-state index in [-0.39, 0.29) is 66.1 Å². The van der Waals surface area contributed by atoms with Crippen LogP contribution >= 0.6 is 0 Å². The molecule has 2 aromatic carbocycles. The number of oxazole rings is 1. The van der Waals surface area contributed by atoms with Crippen molar-refractivity contribution in [1.82, 2.24) is 15.6 Å². The number of hydrogen-bond donors (Lipinski definition) is 3. The van der Waals surface area contributed by atoms with Crippen molar-refractivity contribution in [3.63, 3.8) is 0 Å². The molecule has 0 radical (unpaired) electrons. The van der Waals surface area contributed by atoms with Crippen LogP contribution in [-0.4, -0.2) is 49.3 Å². The Labute approximate surface area is 245 Å². The molecule has 1 aliphatic rings. The second-order valence-corrected chi connectivity index (χ2v) is 8.97. The maximum absolute atomic E-state index is 13.9. The van der Waals surface area contributed by atoms with Crippen LogP contribution in [0.1, 0.15) is 54.9 Å². The average Bonchev–Trinajstić information content (AvgIpc) is 3.62. The molecule has 14 heteroatoms. The van der Waals surface area contributed by atoms with Crippen molar-refractivity contribution in [3.05, 3.63) is 65.1 Å². The van der Waals surface area contributed by atoms with E-state index in [9.17, 15) is 27.2 Å². The number of esters is 1. The minimum Gasteiger partial charge on any atom is -0.490 e. The van der Waals surface area contributed by atoms with E-state index in [1.807, 2.05) is 13.8 Å². The summed E-state index contributed by atoms with van der Waals surface area (Å²) < 4.78 is 73.8. The van der Waals surface area contributed by atoms with Gasteiger partial charge in [-0.2, -0.15) is 8.78 Å². The Morgan fingerprint density at radius 1 is 1.14 bits per heavy atom. The van der Waals surface area contributed by atoms with Gasteiger partial charge in [-0.3, -0.25) is 9.59 Å². The van der Waals surface area contributed by atoms with Crippen molar-refractivity contribution in [3.8, 4) is 23.0 Å². The molecule has 1 fully saturated rings. The number of unbranched alkanes of at least 4 members (excludes halogenated alkanes) is 1. The van der Waals surface area contributed by atoms with E-state index in [0.717, 1.165) is 6.07 Å². The number of nitrogens with zero attached hydrogens (tertiary/aromatic N) is 1. The predicted molar refractivity (Wildman–Crippen MR) is 147 cm³/mol. The van der Waals surface area contributed by atoms with Crippen LogP contribution in [-0.2, 0) is 22.6 Å². The summed E-state index contributed by atoms with van der Waals surface area (Å²) in [6.45, 7) is 1.57. The molecular formula is C29H34F4N4O6. The van der Waals surface area contributed by atoms with Gasteiger partial charge in [0.15, 0.2) is 23.0 Å². The second-order valence-electron chi connectivity index (χ2n) is 8.97. The van der Waals surface area contributed by atoms with E-state index in [4.69, 9.17) is 19.6 Å². The zero-order valence-corrected chi connectivity index (χ0v) is 23.8. The molecule has 1 aliphatic heterocycles. The minimum absolute atomic E-state index is 0.000384. The van der Waals surface area contributed by atoms with Crippen LogP contribution in [0.5, 0.6) is 11.5 Å². The van der Waals surface area contributed by atoms with E-state index in [1.165, 1.54) is 24.3 Å².